The molecular formula is C22H16FN5O. The SMILES string of the molecule is Cc1ccc(-c2cc(Cn3cc4nc(-c5ccccc5F)nc-4cn3)on2)cc1. The Bertz CT molecular complexity index is 1260. The molecule has 0 spiro atoms. The van der Waals surface area contributed by atoms with Crippen LogP contribution >= 0.6 is 0 Å². The first-order chi connectivity index (χ1) is 14.2. The van der Waals surface area contributed by atoms with Crippen LogP contribution in [0.1, 0.15) is 11.3 Å². The summed E-state index contributed by atoms with van der Waals surface area (Å²) in [4.78, 5) is 8.83. The van der Waals surface area contributed by atoms with Gasteiger partial charge in [0.2, 0.25) is 0 Å². The number of hydrogen-bond acceptors (Lipinski definition) is 5. The van der Waals surface area contributed by atoms with E-state index in [0.29, 0.717) is 35.1 Å². The standard InChI is InChI=1S/C22H16FN5O/c1-14-6-8-15(9-7-14)19-10-16(29-27-19)12-28-13-21-20(11-24-28)25-22(26-21)17-4-2-3-5-18(17)23/h2-11,13H,12H2,1H3. The third-order valence-corrected chi connectivity index (χ3v) is 4.65. The van der Waals surface area contributed by atoms with Crippen molar-refractivity contribution in [1.29, 1.82) is 0 Å². The van der Waals surface area contributed by atoms with Gasteiger partial charge in [0, 0.05) is 11.6 Å². The van der Waals surface area contributed by atoms with Crippen molar-refractivity contribution >= 4 is 0 Å². The molecular weight excluding hydrogens is 369 g/mol. The summed E-state index contributed by atoms with van der Waals surface area (Å²) in [5, 5.41) is 8.50. The molecule has 0 atom stereocenters. The van der Waals surface area contributed by atoms with Crippen LogP contribution in [-0.4, -0.2) is 24.9 Å². The summed E-state index contributed by atoms with van der Waals surface area (Å²) >= 11 is 0. The quantitative estimate of drug-likeness (QED) is 0.452. The van der Waals surface area contributed by atoms with Crippen molar-refractivity contribution < 1.29 is 8.91 Å². The van der Waals surface area contributed by atoms with Gasteiger partial charge in [-0.1, -0.05) is 47.1 Å². The molecule has 1 aromatic heterocycles. The normalized spacial score (nSPS) is 11.2. The Balaban J connectivity index is 1.41. The summed E-state index contributed by atoms with van der Waals surface area (Å²) in [5.74, 6) is 0.666. The lowest BCUT2D eigenvalue weighted by molar-refractivity contribution is 0.372. The lowest BCUT2D eigenvalue weighted by Crippen LogP contribution is -2.04. The summed E-state index contributed by atoms with van der Waals surface area (Å²) < 4.78 is 21.2. The molecule has 7 heteroatoms. The number of aryl methyl sites for hydroxylation is 1. The highest BCUT2D eigenvalue weighted by Gasteiger charge is 2.16. The molecule has 0 saturated carbocycles. The first-order valence-electron chi connectivity index (χ1n) is 9.13. The fraction of sp³-hybridized carbons (Fsp3) is 0.0909. The Labute approximate surface area is 166 Å². The summed E-state index contributed by atoms with van der Waals surface area (Å²) in [7, 11) is 0. The van der Waals surface area contributed by atoms with E-state index in [1.807, 2.05) is 37.3 Å². The van der Waals surface area contributed by atoms with Gasteiger partial charge in [0.1, 0.15) is 29.4 Å². The van der Waals surface area contributed by atoms with Gasteiger partial charge in [-0.25, -0.2) is 14.4 Å². The Morgan fingerprint density at radius 1 is 0.966 bits per heavy atom. The second-order valence-electron chi connectivity index (χ2n) is 6.81. The van der Waals surface area contributed by atoms with E-state index >= 15 is 0 Å². The average Bonchev–Trinajstić information content (AvgIpc) is 3.35. The third-order valence-electron chi connectivity index (χ3n) is 4.65. The predicted octanol–water partition coefficient (Wildman–Crippen LogP) is 4.60. The number of hydrogen-bond donors (Lipinski definition) is 0. The lowest BCUT2D eigenvalue weighted by atomic mass is 10.1. The van der Waals surface area contributed by atoms with Crippen molar-refractivity contribution in [2.24, 2.45) is 0 Å². The second kappa shape index (κ2) is 6.94. The number of aromatic nitrogens is 5. The molecule has 6 nitrogen and oxygen atoms in total. The van der Waals surface area contributed by atoms with Gasteiger partial charge in [-0.3, -0.25) is 4.68 Å². The van der Waals surface area contributed by atoms with Crippen LogP contribution in [0.15, 0.2) is 71.5 Å². The molecule has 29 heavy (non-hydrogen) atoms. The molecule has 3 aromatic rings. The van der Waals surface area contributed by atoms with Crippen LogP contribution in [0.5, 0.6) is 0 Å². The van der Waals surface area contributed by atoms with Crippen molar-refractivity contribution in [1.82, 2.24) is 24.9 Å². The van der Waals surface area contributed by atoms with Crippen LogP contribution in [0.2, 0.25) is 0 Å². The van der Waals surface area contributed by atoms with E-state index in [2.05, 4.69) is 20.2 Å². The molecule has 0 amide bonds. The molecule has 142 valence electrons. The van der Waals surface area contributed by atoms with E-state index in [1.54, 1.807) is 35.3 Å². The zero-order valence-corrected chi connectivity index (χ0v) is 15.6. The minimum absolute atomic E-state index is 0.346. The van der Waals surface area contributed by atoms with E-state index in [1.165, 1.54) is 11.6 Å². The summed E-state index contributed by atoms with van der Waals surface area (Å²) in [6, 6.07) is 16.4. The van der Waals surface area contributed by atoms with Crippen molar-refractivity contribution in [2.45, 2.75) is 13.5 Å². The van der Waals surface area contributed by atoms with Gasteiger partial charge in [-0.05, 0) is 19.1 Å². The monoisotopic (exact) mass is 385 g/mol. The number of fused-ring (bicyclic) bond motifs is 1. The third kappa shape index (κ3) is 3.38. The number of imidazole rings is 1. The van der Waals surface area contributed by atoms with E-state index in [4.69, 9.17) is 4.52 Å². The van der Waals surface area contributed by atoms with Crippen LogP contribution in [0, 0.1) is 12.7 Å². The molecule has 0 unspecified atom stereocenters. The Hall–Kier alpha value is -3.87. The van der Waals surface area contributed by atoms with E-state index in [9.17, 15) is 4.39 Å². The van der Waals surface area contributed by atoms with Gasteiger partial charge >= 0.3 is 0 Å². The largest absolute Gasteiger partial charge is 0.359 e. The van der Waals surface area contributed by atoms with Gasteiger partial charge in [0.25, 0.3) is 0 Å². The van der Waals surface area contributed by atoms with Crippen molar-refractivity contribution in [3.8, 4) is 34.0 Å². The van der Waals surface area contributed by atoms with Crippen molar-refractivity contribution in [2.75, 3.05) is 0 Å². The minimum Gasteiger partial charge on any atom is -0.359 e. The van der Waals surface area contributed by atoms with Gasteiger partial charge < -0.3 is 4.52 Å². The van der Waals surface area contributed by atoms with E-state index < -0.39 is 0 Å². The topological polar surface area (TPSA) is 69.6 Å². The first kappa shape index (κ1) is 17.2. The van der Waals surface area contributed by atoms with E-state index in [-0.39, 0.29) is 5.82 Å². The molecule has 5 rings (SSSR count). The maximum absolute atomic E-state index is 14.0. The first-order valence-corrected chi connectivity index (χ1v) is 9.13. The zero-order valence-electron chi connectivity index (χ0n) is 15.6. The van der Waals surface area contributed by atoms with Crippen LogP contribution in [-0.2, 0) is 6.54 Å². The molecule has 0 fully saturated rings. The molecule has 0 saturated heterocycles. The van der Waals surface area contributed by atoms with Crippen LogP contribution in [0.4, 0.5) is 4.39 Å². The highest BCUT2D eigenvalue weighted by atomic mass is 19.1. The van der Waals surface area contributed by atoms with Crippen LogP contribution < -0.4 is 0 Å². The zero-order chi connectivity index (χ0) is 19.8. The minimum atomic E-state index is -0.353. The van der Waals surface area contributed by atoms with Crippen molar-refractivity contribution in [3.63, 3.8) is 0 Å². The Kier molecular flexibility index (Phi) is 4.13. The van der Waals surface area contributed by atoms with Gasteiger partial charge in [-0.2, -0.15) is 5.10 Å². The maximum Gasteiger partial charge on any atom is 0.163 e. The molecule has 3 heterocycles. The van der Waals surface area contributed by atoms with Gasteiger partial charge in [0.15, 0.2) is 11.6 Å². The number of halogens is 1. The predicted molar refractivity (Wildman–Crippen MR) is 106 cm³/mol. The smallest absolute Gasteiger partial charge is 0.163 e. The molecule has 2 aliphatic rings. The summed E-state index contributed by atoms with van der Waals surface area (Å²) in [6.07, 6.45) is 3.38. The number of rotatable bonds is 4. The highest BCUT2D eigenvalue weighted by molar-refractivity contribution is 5.65. The average molecular weight is 385 g/mol. The maximum atomic E-state index is 14.0. The molecule has 0 radical (unpaired) electrons. The fourth-order valence-electron chi connectivity index (χ4n) is 3.12. The fourth-order valence-corrected chi connectivity index (χ4v) is 3.12. The number of benzene rings is 2. The molecule has 2 aromatic carbocycles. The van der Waals surface area contributed by atoms with Crippen molar-refractivity contribution in [3.05, 3.63) is 84.1 Å². The molecule has 0 N–H and O–H groups in total. The van der Waals surface area contributed by atoms with Crippen LogP contribution in [0.3, 0.4) is 0 Å². The summed E-state index contributed by atoms with van der Waals surface area (Å²) in [5.41, 5.74) is 4.57. The molecule has 2 aliphatic heterocycles. The summed E-state index contributed by atoms with van der Waals surface area (Å²) in [6.45, 7) is 2.44. The van der Waals surface area contributed by atoms with Gasteiger partial charge in [-0.15, -0.1) is 0 Å². The number of nitrogens with zero attached hydrogens (tertiary/aromatic N) is 5. The lowest BCUT2D eigenvalue weighted by Gasteiger charge is -2.03. The van der Waals surface area contributed by atoms with E-state index in [0.717, 1.165) is 11.3 Å². The molecule has 0 aliphatic carbocycles. The van der Waals surface area contributed by atoms with Gasteiger partial charge in [0.05, 0.1) is 18.0 Å². The Morgan fingerprint density at radius 2 is 1.76 bits per heavy atom. The second-order valence-corrected chi connectivity index (χ2v) is 6.81. The highest BCUT2D eigenvalue weighted by Crippen LogP contribution is 2.26. The van der Waals surface area contributed by atoms with Crippen LogP contribution in [0.25, 0.3) is 34.0 Å². The molecule has 0 bridgehead atoms. The Morgan fingerprint density at radius 3 is 2.59 bits per heavy atom.